The summed E-state index contributed by atoms with van der Waals surface area (Å²) < 4.78 is 0.622. The number of nitrogens with one attached hydrogen (secondary N) is 1. The second-order valence-corrected chi connectivity index (χ2v) is 4.47. The van der Waals surface area contributed by atoms with Gasteiger partial charge in [-0.05, 0) is 55.1 Å². The Labute approximate surface area is 103 Å². The van der Waals surface area contributed by atoms with Crippen LogP contribution in [0.3, 0.4) is 0 Å². The van der Waals surface area contributed by atoms with Crippen LogP contribution < -0.4 is 5.32 Å². The topological polar surface area (TPSA) is 58.1 Å². The summed E-state index contributed by atoms with van der Waals surface area (Å²) in [4.78, 5) is 13.6. The van der Waals surface area contributed by atoms with Gasteiger partial charge >= 0.3 is 0 Å². The molecule has 0 aromatic carbocycles. The monoisotopic (exact) mass is 283 g/mol. The van der Waals surface area contributed by atoms with E-state index in [-0.39, 0.29) is 5.91 Å². The van der Waals surface area contributed by atoms with Crippen molar-refractivity contribution in [3.63, 3.8) is 0 Å². The normalized spacial score (nSPS) is 10.5. The van der Waals surface area contributed by atoms with E-state index in [1.54, 1.807) is 12.1 Å². The van der Waals surface area contributed by atoms with E-state index < -0.39 is 0 Å². The highest BCUT2D eigenvalue weighted by molar-refractivity contribution is 9.10. The molecule has 1 rings (SSSR count). The molecule has 0 saturated heterocycles. The van der Waals surface area contributed by atoms with Crippen LogP contribution in [0.1, 0.15) is 16.9 Å². The maximum Gasteiger partial charge on any atom is 0.271 e. The fourth-order valence-electron chi connectivity index (χ4n) is 1.12. The van der Waals surface area contributed by atoms with Crippen LogP contribution in [-0.4, -0.2) is 48.2 Å². The van der Waals surface area contributed by atoms with Gasteiger partial charge in [-0.2, -0.15) is 0 Å². The molecule has 1 amide bonds. The molecular weight excluding hydrogens is 268 g/mol. The van der Waals surface area contributed by atoms with Crippen molar-refractivity contribution in [1.29, 1.82) is 0 Å². The Morgan fingerprint density at radius 2 is 2.19 bits per heavy atom. The minimum atomic E-state index is -0.182. The summed E-state index contributed by atoms with van der Waals surface area (Å²) >= 11 is 3.16. The first-order chi connectivity index (χ1) is 7.59. The lowest BCUT2D eigenvalue weighted by molar-refractivity contribution is 0.0946. The van der Waals surface area contributed by atoms with E-state index in [4.69, 9.17) is 0 Å². The third kappa shape index (κ3) is 4.67. The molecule has 0 fully saturated rings. The largest absolute Gasteiger partial charge is 0.351 e. The standard InChI is InChI=1S/C10H15BrN4O/c1-15(2)7-3-6-12-10(16)8-4-5-9(11)14-13-8/h4-5H,3,6-7H2,1-2H3,(H,12,16)/i11-4. The van der Waals surface area contributed by atoms with Crippen molar-refractivity contribution in [3.05, 3.63) is 22.4 Å². The van der Waals surface area contributed by atoms with Gasteiger partial charge in [-0.15, -0.1) is 10.2 Å². The number of aromatic nitrogens is 2. The highest BCUT2D eigenvalue weighted by atomic mass is 75.9. The molecule has 16 heavy (non-hydrogen) atoms. The van der Waals surface area contributed by atoms with Crippen LogP contribution in [0.4, 0.5) is 0 Å². The summed E-state index contributed by atoms with van der Waals surface area (Å²) in [6, 6.07) is 3.33. The van der Waals surface area contributed by atoms with Crippen LogP contribution in [0.2, 0.25) is 0 Å². The fourth-order valence-corrected chi connectivity index (χ4v) is 1.34. The van der Waals surface area contributed by atoms with Crippen molar-refractivity contribution < 1.29 is 4.79 Å². The van der Waals surface area contributed by atoms with Gasteiger partial charge in [-0.3, -0.25) is 4.79 Å². The Hall–Kier alpha value is -1.01. The summed E-state index contributed by atoms with van der Waals surface area (Å²) in [5.41, 5.74) is 0.341. The molecule has 0 aliphatic heterocycles. The van der Waals surface area contributed by atoms with E-state index in [0.29, 0.717) is 16.8 Å². The van der Waals surface area contributed by atoms with Gasteiger partial charge < -0.3 is 10.2 Å². The predicted molar refractivity (Wildman–Crippen MR) is 65.2 cm³/mol. The molecule has 0 spiro atoms. The van der Waals surface area contributed by atoms with Crippen LogP contribution in [0.25, 0.3) is 0 Å². The van der Waals surface area contributed by atoms with Crippen molar-refractivity contribution in [2.45, 2.75) is 6.42 Å². The Morgan fingerprint density at radius 1 is 1.44 bits per heavy atom. The summed E-state index contributed by atoms with van der Waals surface area (Å²) in [6.07, 6.45) is 0.919. The van der Waals surface area contributed by atoms with Gasteiger partial charge in [-0.1, -0.05) is 0 Å². The Kier molecular flexibility index (Phi) is 5.34. The summed E-state index contributed by atoms with van der Waals surface area (Å²) in [5.74, 6) is -0.182. The number of carbonyl (C=O) groups is 1. The molecule has 1 aromatic heterocycles. The number of halogens is 1. The van der Waals surface area contributed by atoms with Crippen molar-refractivity contribution in [3.8, 4) is 0 Å². The van der Waals surface area contributed by atoms with Gasteiger partial charge in [-0.25, -0.2) is 0 Å². The average Bonchev–Trinajstić information content (AvgIpc) is 2.25. The zero-order valence-corrected chi connectivity index (χ0v) is 11.0. The molecule has 88 valence electrons. The molecule has 0 aliphatic carbocycles. The van der Waals surface area contributed by atoms with E-state index in [9.17, 15) is 4.79 Å². The zero-order valence-electron chi connectivity index (χ0n) is 9.40. The van der Waals surface area contributed by atoms with E-state index >= 15 is 0 Å². The molecule has 1 heterocycles. The number of amides is 1. The van der Waals surface area contributed by atoms with Crippen LogP contribution in [-0.2, 0) is 0 Å². The molecule has 6 heteroatoms. The number of nitrogens with zero attached hydrogens (tertiary/aromatic N) is 3. The first kappa shape index (κ1) is 13.1. The van der Waals surface area contributed by atoms with Crippen molar-refractivity contribution in [2.75, 3.05) is 27.2 Å². The van der Waals surface area contributed by atoms with Crippen LogP contribution in [0, 0.1) is 0 Å². The van der Waals surface area contributed by atoms with Gasteiger partial charge in [0.15, 0.2) is 5.69 Å². The lowest BCUT2D eigenvalue weighted by Crippen LogP contribution is -2.27. The quantitative estimate of drug-likeness (QED) is 0.816. The Balaban J connectivity index is 2.32. The highest BCUT2D eigenvalue weighted by Gasteiger charge is 2.06. The fraction of sp³-hybridized carbons (Fsp3) is 0.500. The Bertz CT molecular complexity index is 339. The molecule has 0 atom stereocenters. The van der Waals surface area contributed by atoms with Crippen LogP contribution in [0.5, 0.6) is 0 Å². The third-order valence-corrected chi connectivity index (χ3v) is 2.36. The summed E-state index contributed by atoms with van der Waals surface area (Å²) in [5, 5.41) is 10.3. The van der Waals surface area contributed by atoms with Gasteiger partial charge in [0.05, 0.1) is 0 Å². The first-order valence-electron chi connectivity index (χ1n) is 5.02. The van der Waals surface area contributed by atoms with E-state index in [1.807, 2.05) is 14.1 Å². The lowest BCUT2D eigenvalue weighted by Gasteiger charge is -2.09. The van der Waals surface area contributed by atoms with Crippen molar-refractivity contribution in [2.24, 2.45) is 0 Å². The molecule has 0 radical (unpaired) electrons. The molecule has 0 saturated carbocycles. The zero-order chi connectivity index (χ0) is 12.0. The second-order valence-electron chi connectivity index (χ2n) is 3.65. The van der Waals surface area contributed by atoms with Gasteiger partial charge in [0.25, 0.3) is 5.91 Å². The molecule has 1 aromatic rings. The minimum Gasteiger partial charge on any atom is -0.351 e. The maximum atomic E-state index is 11.6. The van der Waals surface area contributed by atoms with Crippen LogP contribution >= 0.6 is 15.9 Å². The third-order valence-electron chi connectivity index (χ3n) is 1.93. The molecular formula is C10H15BrN4O. The molecule has 0 bridgehead atoms. The van der Waals surface area contributed by atoms with Crippen molar-refractivity contribution >= 4 is 21.8 Å². The second kappa shape index (κ2) is 6.55. The smallest absolute Gasteiger partial charge is 0.271 e. The number of rotatable bonds is 5. The average molecular weight is 283 g/mol. The highest BCUT2D eigenvalue weighted by Crippen LogP contribution is 2.03. The maximum absolute atomic E-state index is 11.6. The number of hydrogen-bond acceptors (Lipinski definition) is 4. The summed E-state index contributed by atoms with van der Waals surface area (Å²) in [7, 11) is 4.00. The molecule has 5 nitrogen and oxygen atoms in total. The van der Waals surface area contributed by atoms with E-state index in [1.165, 1.54) is 0 Å². The number of carbonyl (C=O) groups excluding carboxylic acids is 1. The van der Waals surface area contributed by atoms with Crippen LogP contribution in [0.15, 0.2) is 16.7 Å². The summed E-state index contributed by atoms with van der Waals surface area (Å²) in [6.45, 7) is 1.60. The van der Waals surface area contributed by atoms with E-state index in [2.05, 4.69) is 36.3 Å². The molecule has 0 unspecified atom stereocenters. The minimum absolute atomic E-state index is 0.182. The van der Waals surface area contributed by atoms with Crippen molar-refractivity contribution in [1.82, 2.24) is 20.4 Å². The molecule has 1 N–H and O–H groups in total. The SMILES string of the molecule is CN(C)CCCNC(=O)c1ccc([76Br])nn1. The first-order valence-corrected chi connectivity index (χ1v) is 5.81. The Morgan fingerprint density at radius 3 is 2.75 bits per heavy atom. The lowest BCUT2D eigenvalue weighted by atomic mass is 10.3. The predicted octanol–water partition coefficient (Wildman–Crippen LogP) is 0.921. The van der Waals surface area contributed by atoms with Gasteiger partial charge in [0, 0.05) is 6.54 Å². The van der Waals surface area contributed by atoms with E-state index in [0.717, 1.165) is 13.0 Å². The number of hydrogen-bond donors (Lipinski definition) is 1. The molecule has 0 aliphatic rings. The van der Waals surface area contributed by atoms with Gasteiger partial charge in [0.2, 0.25) is 0 Å². The van der Waals surface area contributed by atoms with Gasteiger partial charge in [0.1, 0.15) is 4.60 Å².